The van der Waals surface area contributed by atoms with Crippen LogP contribution in [0.4, 0.5) is 5.69 Å². The number of aliphatic hydroxyl groups excluding tert-OH is 1. The zero-order valence-electron chi connectivity index (χ0n) is 18.5. The van der Waals surface area contributed by atoms with Gasteiger partial charge in [-0.2, -0.15) is 0 Å². The molecule has 164 valence electrons. The third kappa shape index (κ3) is 3.58. The Hall–Kier alpha value is -3.80. The van der Waals surface area contributed by atoms with Gasteiger partial charge in [0.1, 0.15) is 23.3 Å². The number of furan rings is 1. The molecule has 0 spiro atoms. The molecular weight excluding hydrogens is 406 g/mol. The summed E-state index contributed by atoms with van der Waals surface area (Å²) in [6, 6.07) is 15.1. The number of carbonyl (C=O) groups is 2. The predicted octanol–water partition coefficient (Wildman–Crippen LogP) is 5.35. The van der Waals surface area contributed by atoms with E-state index in [1.165, 1.54) is 11.2 Å². The van der Waals surface area contributed by atoms with Gasteiger partial charge in [-0.25, -0.2) is 0 Å². The molecule has 1 N–H and O–H groups in total. The zero-order chi connectivity index (χ0) is 23.0. The topological polar surface area (TPSA) is 80.0 Å². The number of aryl methyl sites for hydroxylation is 1. The van der Waals surface area contributed by atoms with Crippen LogP contribution in [0.25, 0.3) is 5.76 Å². The average Bonchev–Trinajstić information content (AvgIpc) is 3.40. The monoisotopic (exact) mass is 431 g/mol. The molecule has 0 radical (unpaired) electrons. The highest BCUT2D eigenvalue weighted by Crippen LogP contribution is 2.42. The highest BCUT2D eigenvalue weighted by molar-refractivity contribution is 6.51. The second-order valence-corrected chi connectivity index (χ2v) is 8.12. The highest BCUT2D eigenvalue weighted by atomic mass is 16.5. The van der Waals surface area contributed by atoms with Crippen LogP contribution in [0.5, 0.6) is 5.75 Å². The van der Waals surface area contributed by atoms with Gasteiger partial charge in [0.25, 0.3) is 11.7 Å². The number of ketones is 1. The van der Waals surface area contributed by atoms with Gasteiger partial charge in [-0.3, -0.25) is 14.5 Å². The minimum absolute atomic E-state index is 0.0116. The first-order chi connectivity index (χ1) is 15.3. The van der Waals surface area contributed by atoms with Crippen molar-refractivity contribution in [3.8, 4) is 5.75 Å². The zero-order valence-corrected chi connectivity index (χ0v) is 18.5. The van der Waals surface area contributed by atoms with Gasteiger partial charge in [0.2, 0.25) is 0 Å². The number of hydrogen-bond acceptors (Lipinski definition) is 5. The second kappa shape index (κ2) is 8.38. The molecule has 2 aromatic carbocycles. The molecule has 1 aliphatic rings. The summed E-state index contributed by atoms with van der Waals surface area (Å²) in [5.41, 5.74) is 2.89. The molecule has 32 heavy (non-hydrogen) atoms. The van der Waals surface area contributed by atoms with Crippen molar-refractivity contribution in [3.05, 3.63) is 88.9 Å². The summed E-state index contributed by atoms with van der Waals surface area (Å²) in [5.74, 6) is -0.338. The van der Waals surface area contributed by atoms with Crippen LogP contribution in [0.2, 0.25) is 0 Å². The van der Waals surface area contributed by atoms with E-state index in [-0.39, 0.29) is 11.3 Å². The Bertz CT molecular complexity index is 1190. The lowest BCUT2D eigenvalue weighted by atomic mass is 9.98. The van der Waals surface area contributed by atoms with Crippen molar-refractivity contribution in [2.45, 2.75) is 32.7 Å². The maximum Gasteiger partial charge on any atom is 0.300 e. The fraction of sp³-hybridized carbons (Fsp3) is 0.231. The lowest BCUT2D eigenvalue weighted by Crippen LogP contribution is -2.29. The van der Waals surface area contributed by atoms with E-state index in [1.54, 1.807) is 37.4 Å². The van der Waals surface area contributed by atoms with Crippen LogP contribution in [0.1, 0.15) is 48.3 Å². The molecule has 1 amide bonds. The van der Waals surface area contributed by atoms with Gasteiger partial charge in [-0.1, -0.05) is 26.0 Å². The SMILES string of the molecule is COc1ccc(/C(O)=C2/C(=O)C(=O)N(c3ccc(C(C)C)cc3)C2c2ccco2)cc1C. The molecular formula is C26H25NO5. The molecule has 4 rings (SSSR count). The molecule has 1 fully saturated rings. The molecule has 0 saturated carbocycles. The van der Waals surface area contributed by atoms with Crippen LogP contribution in [0, 0.1) is 6.92 Å². The fourth-order valence-corrected chi connectivity index (χ4v) is 4.02. The summed E-state index contributed by atoms with van der Waals surface area (Å²) in [7, 11) is 1.56. The van der Waals surface area contributed by atoms with Gasteiger partial charge < -0.3 is 14.3 Å². The van der Waals surface area contributed by atoms with Crippen molar-refractivity contribution in [2.24, 2.45) is 0 Å². The molecule has 3 aromatic rings. The lowest BCUT2D eigenvalue weighted by molar-refractivity contribution is -0.132. The standard InChI is InChI=1S/C26H25NO5/c1-15(2)17-7-10-19(11-8-17)27-23(21-6-5-13-32-21)22(25(29)26(27)30)24(28)18-9-12-20(31-4)16(3)14-18/h5-15,23,28H,1-4H3/b24-22-. The Morgan fingerprint density at radius 3 is 2.38 bits per heavy atom. The third-order valence-electron chi connectivity index (χ3n) is 5.76. The Morgan fingerprint density at radius 2 is 1.81 bits per heavy atom. The maximum absolute atomic E-state index is 13.1. The van der Waals surface area contributed by atoms with Crippen molar-refractivity contribution in [1.29, 1.82) is 0 Å². The quantitative estimate of drug-likeness (QED) is 0.335. The number of ether oxygens (including phenoxy) is 1. The van der Waals surface area contributed by atoms with Gasteiger partial charge in [-0.15, -0.1) is 0 Å². The number of carbonyl (C=O) groups excluding carboxylic acids is 2. The minimum Gasteiger partial charge on any atom is -0.507 e. The van der Waals surface area contributed by atoms with Crippen molar-refractivity contribution >= 4 is 23.1 Å². The summed E-state index contributed by atoms with van der Waals surface area (Å²) in [4.78, 5) is 27.6. The lowest BCUT2D eigenvalue weighted by Gasteiger charge is -2.24. The van der Waals surface area contributed by atoms with Gasteiger partial charge in [-0.05, 0) is 66.4 Å². The molecule has 6 nitrogen and oxygen atoms in total. The summed E-state index contributed by atoms with van der Waals surface area (Å²) < 4.78 is 10.9. The van der Waals surface area contributed by atoms with Crippen LogP contribution in [-0.4, -0.2) is 23.9 Å². The first kappa shape index (κ1) is 21.4. The van der Waals surface area contributed by atoms with Gasteiger partial charge >= 0.3 is 0 Å². The number of rotatable bonds is 5. The summed E-state index contributed by atoms with van der Waals surface area (Å²) in [6.07, 6.45) is 1.48. The number of amides is 1. The van der Waals surface area contributed by atoms with Crippen LogP contribution < -0.4 is 9.64 Å². The maximum atomic E-state index is 13.1. The van der Waals surface area contributed by atoms with E-state index in [2.05, 4.69) is 13.8 Å². The summed E-state index contributed by atoms with van der Waals surface area (Å²) >= 11 is 0. The number of hydrogen-bond donors (Lipinski definition) is 1. The molecule has 1 atom stereocenters. The number of aliphatic hydroxyl groups is 1. The Balaban J connectivity index is 1.87. The van der Waals surface area contributed by atoms with Gasteiger partial charge in [0, 0.05) is 11.3 Å². The molecule has 1 unspecified atom stereocenters. The minimum atomic E-state index is -0.877. The molecule has 1 aliphatic heterocycles. The summed E-state index contributed by atoms with van der Waals surface area (Å²) in [6.45, 7) is 6.01. The number of benzene rings is 2. The van der Waals surface area contributed by atoms with E-state index in [4.69, 9.17) is 9.15 Å². The van der Waals surface area contributed by atoms with E-state index < -0.39 is 17.7 Å². The molecule has 0 aliphatic carbocycles. The largest absolute Gasteiger partial charge is 0.507 e. The molecule has 6 heteroatoms. The van der Waals surface area contributed by atoms with Crippen molar-refractivity contribution in [1.82, 2.24) is 0 Å². The van der Waals surface area contributed by atoms with Crippen LogP contribution in [0.15, 0.2) is 70.9 Å². The smallest absolute Gasteiger partial charge is 0.300 e. The van der Waals surface area contributed by atoms with Crippen LogP contribution in [-0.2, 0) is 9.59 Å². The Labute approximate surface area is 186 Å². The van der Waals surface area contributed by atoms with E-state index >= 15 is 0 Å². The normalized spacial score (nSPS) is 17.9. The molecule has 0 bridgehead atoms. The third-order valence-corrected chi connectivity index (χ3v) is 5.76. The molecule has 1 aromatic heterocycles. The van der Waals surface area contributed by atoms with E-state index in [9.17, 15) is 14.7 Å². The number of Topliss-reactive ketones (excluding diaryl/α,β-unsaturated/α-hetero) is 1. The Kier molecular flexibility index (Phi) is 5.61. The average molecular weight is 431 g/mol. The van der Waals surface area contributed by atoms with Gasteiger partial charge in [0.15, 0.2) is 0 Å². The van der Waals surface area contributed by atoms with E-state index in [0.717, 1.165) is 11.1 Å². The fourth-order valence-electron chi connectivity index (χ4n) is 4.02. The van der Waals surface area contributed by atoms with Gasteiger partial charge in [0.05, 0.1) is 18.9 Å². The highest BCUT2D eigenvalue weighted by Gasteiger charge is 2.48. The molecule has 1 saturated heterocycles. The number of nitrogens with zero attached hydrogens (tertiary/aromatic N) is 1. The predicted molar refractivity (Wildman–Crippen MR) is 122 cm³/mol. The first-order valence-electron chi connectivity index (χ1n) is 10.4. The van der Waals surface area contributed by atoms with E-state index in [0.29, 0.717) is 28.7 Å². The van der Waals surface area contributed by atoms with Crippen LogP contribution in [0.3, 0.4) is 0 Å². The second-order valence-electron chi connectivity index (χ2n) is 8.12. The molecule has 2 heterocycles. The number of methoxy groups -OCH3 is 1. The number of anilines is 1. The summed E-state index contributed by atoms with van der Waals surface area (Å²) in [5, 5.41) is 11.1. The van der Waals surface area contributed by atoms with E-state index in [1.807, 2.05) is 31.2 Å². The van der Waals surface area contributed by atoms with Crippen LogP contribution >= 0.6 is 0 Å². The van der Waals surface area contributed by atoms with Crippen molar-refractivity contribution < 1.29 is 23.8 Å². The van der Waals surface area contributed by atoms with Crippen molar-refractivity contribution in [3.63, 3.8) is 0 Å². The van der Waals surface area contributed by atoms with Crippen molar-refractivity contribution in [2.75, 3.05) is 12.0 Å². The first-order valence-corrected chi connectivity index (χ1v) is 10.4. The Morgan fingerprint density at radius 1 is 1.09 bits per heavy atom.